The molecule has 0 aliphatic carbocycles. The van der Waals surface area contributed by atoms with Crippen molar-refractivity contribution in [2.45, 2.75) is 45.6 Å². The molecule has 1 aliphatic heterocycles. The Morgan fingerprint density at radius 1 is 1.23 bits per heavy atom. The van der Waals surface area contributed by atoms with Crippen molar-refractivity contribution in [2.24, 2.45) is 4.99 Å². The highest BCUT2D eigenvalue weighted by Gasteiger charge is 2.21. The average molecular weight is 540 g/mol. The van der Waals surface area contributed by atoms with Gasteiger partial charge in [0.1, 0.15) is 0 Å². The van der Waals surface area contributed by atoms with Crippen molar-refractivity contribution in [3.05, 3.63) is 35.5 Å². The van der Waals surface area contributed by atoms with E-state index in [1.165, 1.54) is 22.0 Å². The number of aromatic nitrogens is 1. The van der Waals surface area contributed by atoms with Crippen LogP contribution in [0.4, 0.5) is 0 Å². The third-order valence-corrected chi connectivity index (χ3v) is 5.84. The van der Waals surface area contributed by atoms with E-state index < -0.39 is 0 Å². The molecule has 31 heavy (non-hydrogen) atoms. The molecule has 1 aromatic heterocycles. The summed E-state index contributed by atoms with van der Waals surface area (Å²) < 4.78 is 0. The van der Waals surface area contributed by atoms with Gasteiger partial charge in [0.05, 0.1) is 6.54 Å². The molecule has 0 bridgehead atoms. The molecule has 0 atom stereocenters. The summed E-state index contributed by atoms with van der Waals surface area (Å²) in [5.74, 6) is 0.969. The first-order valence-electron chi connectivity index (χ1n) is 11.2. The number of benzene rings is 1. The largest absolute Gasteiger partial charge is 0.361 e. The van der Waals surface area contributed by atoms with E-state index in [0.29, 0.717) is 12.6 Å². The molecule has 7 nitrogen and oxygen atoms in total. The van der Waals surface area contributed by atoms with Gasteiger partial charge >= 0.3 is 0 Å². The molecule has 1 saturated heterocycles. The number of guanidine groups is 1. The Hall–Kier alpha value is -1.81. The van der Waals surface area contributed by atoms with Gasteiger partial charge in [0.25, 0.3) is 0 Å². The fraction of sp³-hybridized carbons (Fsp3) is 0.565. The Bertz CT molecular complexity index is 857. The zero-order chi connectivity index (χ0) is 21.3. The Kier molecular flexibility index (Phi) is 10.6. The van der Waals surface area contributed by atoms with Gasteiger partial charge in [-0.2, -0.15) is 0 Å². The maximum Gasteiger partial charge on any atom is 0.233 e. The molecule has 1 aliphatic rings. The molecular weight excluding hydrogens is 503 g/mol. The molecule has 0 unspecified atom stereocenters. The summed E-state index contributed by atoms with van der Waals surface area (Å²) in [7, 11) is 1.69. The van der Waals surface area contributed by atoms with Crippen LogP contribution in [-0.4, -0.2) is 67.6 Å². The topological polar surface area (TPSA) is 84.6 Å². The van der Waals surface area contributed by atoms with E-state index >= 15 is 0 Å². The average Bonchev–Trinajstić information content (AvgIpc) is 3.18. The van der Waals surface area contributed by atoms with Crippen molar-refractivity contribution in [3.8, 4) is 0 Å². The number of hydrogen-bond donors (Lipinski definition) is 4. The number of carbonyl (C=O) groups is 1. The maximum absolute atomic E-state index is 11.6. The summed E-state index contributed by atoms with van der Waals surface area (Å²) in [4.78, 5) is 22.0. The number of hydrogen-bond acceptors (Lipinski definition) is 3. The summed E-state index contributed by atoms with van der Waals surface area (Å²) in [6, 6.07) is 6.92. The van der Waals surface area contributed by atoms with E-state index in [4.69, 9.17) is 4.99 Å². The Balaban J connectivity index is 0.00000341. The number of fused-ring (bicyclic) bond motifs is 1. The van der Waals surface area contributed by atoms with E-state index in [2.05, 4.69) is 64.1 Å². The van der Waals surface area contributed by atoms with Crippen LogP contribution in [0.15, 0.2) is 29.4 Å². The van der Waals surface area contributed by atoms with E-state index in [1.54, 1.807) is 7.05 Å². The molecule has 8 heteroatoms. The second-order valence-corrected chi connectivity index (χ2v) is 7.89. The van der Waals surface area contributed by atoms with Crippen LogP contribution in [0.25, 0.3) is 10.9 Å². The van der Waals surface area contributed by atoms with Gasteiger partial charge in [-0.1, -0.05) is 25.1 Å². The van der Waals surface area contributed by atoms with Gasteiger partial charge < -0.3 is 20.9 Å². The summed E-state index contributed by atoms with van der Waals surface area (Å²) in [6.07, 6.45) is 6.11. The highest BCUT2D eigenvalue weighted by molar-refractivity contribution is 14.0. The minimum atomic E-state index is 0. The number of likely N-dealkylation sites (N-methyl/N-ethyl adjacent to an activating group) is 1. The molecule has 4 N–H and O–H groups in total. The van der Waals surface area contributed by atoms with Crippen LogP contribution in [0, 0.1) is 0 Å². The molecule has 1 aromatic carbocycles. The standard InChI is InChI=1S/C23H36N6O.HI/c1-4-17-7-6-8-20-18(15-27-22(17)20)9-12-26-23(25-5-2)28-19-10-13-29(14-11-19)16-21(30)24-3;/h6-8,15,19,27H,4-5,9-14,16H2,1-3H3,(H,24,30)(H2,25,26,28);1H. The van der Waals surface area contributed by atoms with Crippen LogP contribution in [0.5, 0.6) is 0 Å². The van der Waals surface area contributed by atoms with Gasteiger partial charge in [-0.15, -0.1) is 24.0 Å². The summed E-state index contributed by atoms with van der Waals surface area (Å²) in [6.45, 7) is 8.22. The highest BCUT2D eigenvalue weighted by atomic mass is 127. The minimum Gasteiger partial charge on any atom is -0.361 e. The molecular formula is C23H37IN6O. The monoisotopic (exact) mass is 540 g/mol. The second-order valence-electron chi connectivity index (χ2n) is 7.89. The Labute approximate surface area is 202 Å². The van der Waals surface area contributed by atoms with Crippen molar-refractivity contribution < 1.29 is 4.79 Å². The molecule has 3 rings (SSSR count). The predicted octanol–water partition coefficient (Wildman–Crippen LogP) is 2.66. The lowest BCUT2D eigenvalue weighted by Gasteiger charge is -2.32. The Morgan fingerprint density at radius 2 is 2.00 bits per heavy atom. The van der Waals surface area contributed by atoms with Crippen LogP contribution in [0.3, 0.4) is 0 Å². The van der Waals surface area contributed by atoms with Crippen molar-refractivity contribution in [2.75, 3.05) is 39.8 Å². The van der Waals surface area contributed by atoms with E-state index in [0.717, 1.165) is 57.8 Å². The van der Waals surface area contributed by atoms with Crippen LogP contribution in [0.2, 0.25) is 0 Å². The normalized spacial score (nSPS) is 15.5. The molecule has 1 amide bonds. The fourth-order valence-corrected chi connectivity index (χ4v) is 4.10. The lowest BCUT2D eigenvalue weighted by Crippen LogP contribution is -2.50. The molecule has 1 fully saturated rings. The number of nitrogens with zero attached hydrogens (tertiary/aromatic N) is 2. The lowest BCUT2D eigenvalue weighted by molar-refractivity contribution is -0.122. The second kappa shape index (κ2) is 12.9. The van der Waals surface area contributed by atoms with Gasteiger partial charge in [0, 0.05) is 56.4 Å². The number of halogens is 1. The zero-order valence-electron chi connectivity index (χ0n) is 19.0. The van der Waals surface area contributed by atoms with Gasteiger partial charge in [0.15, 0.2) is 5.96 Å². The van der Waals surface area contributed by atoms with Crippen molar-refractivity contribution in [3.63, 3.8) is 0 Å². The number of piperidine rings is 1. The number of aliphatic imine (C=N–C) groups is 1. The first-order chi connectivity index (χ1) is 14.6. The van der Waals surface area contributed by atoms with Crippen LogP contribution in [-0.2, 0) is 17.6 Å². The maximum atomic E-state index is 11.6. The number of H-pyrrole nitrogens is 1. The molecule has 0 saturated carbocycles. The zero-order valence-corrected chi connectivity index (χ0v) is 21.3. The molecule has 172 valence electrons. The number of rotatable bonds is 8. The first kappa shape index (κ1) is 25.5. The number of carbonyl (C=O) groups excluding carboxylic acids is 1. The van der Waals surface area contributed by atoms with Crippen LogP contribution in [0.1, 0.15) is 37.8 Å². The SMILES string of the molecule is CCNC(=NCCc1c[nH]c2c(CC)cccc12)NC1CCN(CC(=O)NC)CC1.I. The fourth-order valence-electron chi connectivity index (χ4n) is 4.10. The minimum absolute atomic E-state index is 0. The number of aromatic amines is 1. The van der Waals surface area contributed by atoms with Gasteiger partial charge in [-0.05, 0) is 43.7 Å². The van der Waals surface area contributed by atoms with E-state index in [9.17, 15) is 4.79 Å². The Morgan fingerprint density at radius 3 is 2.68 bits per heavy atom. The third-order valence-electron chi connectivity index (χ3n) is 5.84. The molecule has 2 heterocycles. The third kappa shape index (κ3) is 7.10. The number of likely N-dealkylation sites (tertiary alicyclic amines) is 1. The van der Waals surface area contributed by atoms with Gasteiger partial charge in [-0.25, -0.2) is 0 Å². The van der Waals surface area contributed by atoms with Crippen molar-refractivity contribution >= 4 is 46.7 Å². The van der Waals surface area contributed by atoms with Gasteiger partial charge in [0.2, 0.25) is 5.91 Å². The lowest BCUT2D eigenvalue weighted by atomic mass is 10.1. The molecule has 2 aromatic rings. The highest BCUT2D eigenvalue weighted by Crippen LogP contribution is 2.22. The summed E-state index contributed by atoms with van der Waals surface area (Å²) in [5, 5.41) is 11.0. The summed E-state index contributed by atoms with van der Waals surface area (Å²) >= 11 is 0. The van der Waals surface area contributed by atoms with Crippen LogP contribution < -0.4 is 16.0 Å². The predicted molar refractivity (Wildman–Crippen MR) is 139 cm³/mol. The molecule has 0 radical (unpaired) electrons. The van der Waals surface area contributed by atoms with E-state index in [1.807, 2.05) is 0 Å². The van der Waals surface area contributed by atoms with E-state index in [-0.39, 0.29) is 29.9 Å². The smallest absolute Gasteiger partial charge is 0.233 e. The number of para-hydroxylation sites is 1. The van der Waals surface area contributed by atoms with Crippen molar-refractivity contribution in [1.29, 1.82) is 0 Å². The number of aryl methyl sites for hydroxylation is 1. The summed E-state index contributed by atoms with van der Waals surface area (Å²) in [5.41, 5.74) is 3.94. The number of amides is 1. The molecule has 0 spiro atoms. The quantitative estimate of drug-likeness (QED) is 0.236. The number of nitrogens with one attached hydrogen (secondary N) is 4. The van der Waals surface area contributed by atoms with Gasteiger partial charge in [-0.3, -0.25) is 14.7 Å². The van der Waals surface area contributed by atoms with Crippen molar-refractivity contribution in [1.82, 2.24) is 25.8 Å². The first-order valence-corrected chi connectivity index (χ1v) is 11.2. The van der Waals surface area contributed by atoms with Crippen LogP contribution >= 0.6 is 24.0 Å².